The van der Waals surface area contributed by atoms with Crippen molar-refractivity contribution in [2.24, 2.45) is 5.92 Å². The summed E-state index contributed by atoms with van der Waals surface area (Å²) >= 11 is 0. The first-order chi connectivity index (χ1) is 16.0. The SMILES string of the molecule is Cc1ccc(CCCCNC(=O)C=C[C@@H]2CC2(c2ccc(F)cc2)c2ccc(F)cc2)cn1. The van der Waals surface area contributed by atoms with Gasteiger partial charge in [-0.3, -0.25) is 9.78 Å². The highest BCUT2D eigenvalue weighted by molar-refractivity contribution is 5.87. The summed E-state index contributed by atoms with van der Waals surface area (Å²) in [6.07, 6.45) is 9.02. The molecule has 1 amide bonds. The van der Waals surface area contributed by atoms with Crippen molar-refractivity contribution in [3.8, 4) is 0 Å². The van der Waals surface area contributed by atoms with Crippen LogP contribution in [-0.2, 0) is 16.6 Å². The maximum atomic E-state index is 13.5. The van der Waals surface area contributed by atoms with Crippen LogP contribution in [0.1, 0.15) is 41.6 Å². The van der Waals surface area contributed by atoms with Gasteiger partial charge in [0.05, 0.1) is 0 Å². The molecular formula is C28H28F2N2O. The third kappa shape index (κ3) is 5.54. The Balaban J connectivity index is 1.32. The van der Waals surface area contributed by atoms with Gasteiger partial charge < -0.3 is 5.32 Å². The lowest BCUT2D eigenvalue weighted by Gasteiger charge is -2.18. The lowest BCUT2D eigenvalue weighted by molar-refractivity contribution is -0.116. The van der Waals surface area contributed by atoms with Gasteiger partial charge in [-0.05, 0) is 91.6 Å². The summed E-state index contributed by atoms with van der Waals surface area (Å²) in [7, 11) is 0. The molecule has 0 bridgehead atoms. The van der Waals surface area contributed by atoms with Gasteiger partial charge in [-0.1, -0.05) is 36.4 Å². The van der Waals surface area contributed by atoms with Crippen molar-refractivity contribution in [2.75, 3.05) is 6.54 Å². The minimum Gasteiger partial charge on any atom is -0.353 e. The zero-order valence-electron chi connectivity index (χ0n) is 18.7. The van der Waals surface area contributed by atoms with Crippen LogP contribution in [0, 0.1) is 24.5 Å². The van der Waals surface area contributed by atoms with Crippen LogP contribution in [-0.4, -0.2) is 17.4 Å². The fraction of sp³-hybridized carbons (Fsp3) is 0.286. The number of halogens is 2. The number of allylic oxidation sites excluding steroid dienone is 1. The topological polar surface area (TPSA) is 42.0 Å². The number of pyridine rings is 1. The van der Waals surface area contributed by atoms with E-state index in [2.05, 4.69) is 16.4 Å². The van der Waals surface area contributed by atoms with Gasteiger partial charge in [0.25, 0.3) is 0 Å². The van der Waals surface area contributed by atoms with Gasteiger partial charge in [-0.15, -0.1) is 0 Å². The Bertz CT molecular complexity index is 1060. The Morgan fingerprint density at radius 3 is 2.21 bits per heavy atom. The second-order valence-corrected chi connectivity index (χ2v) is 8.71. The van der Waals surface area contributed by atoms with Crippen LogP contribution >= 0.6 is 0 Å². The van der Waals surface area contributed by atoms with Crippen LogP contribution < -0.4 is 5.32 Å². The Hall–Kier alpha value is -3.34. The number of aromatic nitrogens is 1. The minimum atomic E-state index is -0.361. The van der Waals surface area contributed by atoms with Crippen molar-refractivity contribution < 1.29 is 13.6 Å². The van der Waals surface area contributed by atoms with Gasteiger partial charge in [0.2, 0.25) is 5.91 Å². The number of nitrogens with zero attached hydrogens (tertiary/aromatic N) is 1. The third-order valence-corrected chi connectivity index (χ3v) is 6.38. The lowest BCUT2D eigenvalue weighted by Crippen LogP contribution is -2.22. The van der Waals surface area contributed by atoms with E-state index < -0.39 is 0 Å². The van der Waals surface area contributed by atoms with Crippen LogP contribution in [0.25, 0.3) is 0 Å². The molecule has 1 aromatic heterocycles. The van der Waals surface area contributed by atoms with Crippen molar-refractivity contribution >= 4 is 5.91 Å². The van der Waals surface area contributed by atoms with E-state index in [9.17, 15) is 13.6 Å². The number of amides is 1. The Kier molecular flexibility index (Phi) is 6.97. The van der Waals surface area contributed by atoms with Crippen molar-refractivity contribution in [3.05, 3.63) is 113 Å². The Labute approximate surface area is 193 Å². The molecule has 0 radical (unpaired) electrons. The zero-order valence-corrected chi connectivity index (χ0v) is 18.7. The average molecular weight is 447 g/mol. The summed E-state index contributed by atoms with van der Waals surface area (Å²) in [4.78, 5) is 16.6. The maximum absolute atomic E-state index is 13.5. The molecule has 170 valence electrons. The summed E-state index contributed by atoms with van der Waals surface area (Å²) in [5.41, 5.74) is 3.79. The van der Waals surface area contributed by atoms with Gasteiger partial charge in [0.1, 0.15) is 11.6 Å². The average Bonchev–Trinajstić information content (AvgIpc) is 3.55. The molecule has 1 aliphatic carbocycles. The molecule has 2 aromatic carbocycles. The summed E-state index contributed by atoms with van der Waals surface area (Å²) in [6, 6.07) is 17.0. The highest BCUT2D eigenvalue weighted by atomic mass is 19.1. The molecule has 1 saturated carbocycles. The van der Waals surface area contributed by atoms with Crippen LogP contribution in [0.4, 0.5) is 8.78 Å². The number of aryl methyl sites for hydroxylation is 2. The normalized spacial score (nSPS) is 16.6. The van der Waals surface area contributed by atoms with E-state index in [1.165, 1.54) is 29.8 Å². The zero-order chi connectivity index (χ0) is 23.3. The van der Waals surface area contributed by atoms with Gasteiger partial charge in [-0.2, -0.15) is 0 Å². The van der Waals surface area contributed by atoms with Crippen LogP contribution in [0.3, 0.4) is 0 Å². The molecule has 1 fully saturated rings. The number of hydrogen-bond acceptors (Lipinski definition) is 2. The lowest BCUT2D eigenvalue weighted by atomic mass is 9.85. The molecular weight excluding hydrogens is 418 g/mol. The van der Waals surface area contributed by atoms with Gasteiger partial charge in [0, 0.05) is 23.9 Å². The fourth-order valence-electron chi connectivity index (χ4n) is 4.42. The van der Waals surface area contributed by atoms with Crippen molar-refractivity contribution in [3.63, 3.8) is 0 Å². The van der Waals surface area contributed by atoms with E-state index in [0.29, 0.717) is 6.54 Å². The van der Waals surface area contributed by atoms with E-state index in [0.717, 1.165) is 42.5 Å². The highest BCUT2D eigenvalue weighted by Crippen LogP contribution is 2.59. The molecule has 0 spiro atoms. The number of nitrogens with one attached hydrogen (secondary N) is 1. The number of benzene rings is 2. The summed E-state index contributed by atoms with van der Waals surface area (Å²) in [5, 5.41) is 2.94. The molecule has 1 N–H and O–H groups in total. The third-order valence-electron chi connectivity index (χ3n) is 6.38. The van der Waals surface area contributed by atoms with Crippen LogP contribution in [0.15, 0.2) is 79.0 Å². The summed E-state index contributed by atoms with van der Waals surface area (Å²) in [6.45, 7) is 2.59. The maximum Gasteiger partial charge on any atom is 0.243 e. The van der Waals surface area contributed by atoms with Gasteiger partial charge in [0.15, 0.2) is 0 Å². The number of carbonyl (C=O) groups is 1. The van der Waals surface area contributed by atoms with Crippen molar-refractivity contribution in [1.29, 1.82) is 0 Å². The number of hydrogen-bond donors (Lipinski definition) is 1. The predicted molar refractivity (Wildman–Crippen MR) is 126 cm³/mol. The van der Waals surface area contributed by atoms with E-state index >= 15 is 0 Å². The van der Waals surface area contributed by atoms with Crippen LogP contribution in [0.2, 0.25) is 0 Å². The second kappa shape index (κ2) is 10.1. The molecule has 1 heterocycles. The number of carbonyl (C=O) groups excluding carboxylic acids is 1. The molecule has 5 heteroatoms. The number of unbranched alkanes of at least 4 members (excludes halogenated alkanes) is 1. The molecule has 0 unspecified atom stereocenters. The van der Waals surface area contributed by atoms with E-state index in [1.807, 2.05) is 25.3 Å². The van der Waals surface area contributed by atoms with E-state index in [1.54, 1.807) is 30.3 Å². The Morgan fingerprint density at radius 2 is 1.64 bits per heavy atom. The quantitative estimate of drug-likeness (QED) is 0.340. The van der Waals surface area contributed by atoms with E-state index in [-0.39, 0.29) is 28.9 Å². The minimum absolute atomic E-state index is 0.0909. The molecule has 33 heavy (non-hydrogen) atoms. The van der Waals surface area contributed by atoms with E-state index in [4.69, 9.17) is 0 Å². The first-order valence-electron chi connectivity index (χ1n) is 11.4. The van der Waals surface area contributed by atoms with Gasteiger partial charge >= 0.3 is 0 Å². The monoisotopic (exact) mass is 446 g/mol. The highest BCUT2D eigenvalue weighted by Gasteiger charge is 2.55. The summed E-state index contributed by atoms with van der Waals surface area (Å²) < 4.78 is 26.9. The van der Waals surface area contributed by atoms with Crippen molar-refractivity contribution in [1.82, 2.24) is 10.3 Å². The first kappa shape index (κ1) is 22.8. The smallest absolute Gasteiger partial charge is 0.243 e. The van der Waals surface area contributed by atoms with Crippen molar-refractivity contribution in [2.45, 2.75) is 38.0 Å². The molecule has 0 aliphatic heterocycles. The van der Waals surface area contributed by atoms with Crippen LogP contribution in [0.5, 0.6) is 0 Å². The summed E-state index contributed by atoms with van der Waals surface area (Å²) in [5.74, 6) is -0.614. The molecule has 0 saturated heterocycles. The predicted octanol–water partition coefficient (Wildman–Crippen LogP) is 5.67. The second-order valence-electron chi connectivity index (χ2n) is 8.71. The molecule has 4 rings (SSSR count). The molecule has 1 aliphatic rings. The first-order valence-corrected chi connectivity index (χ1v) is 11.4. The molecule has 1 atom stereocenters. The molecule has 3 aromatic rings. The standard InChI is InChI=1S/C28H28F2N2O/c1-20-5-6-21(19-32-20)4-2-3-17-31-27(33)16-11-24-18-28(24,22-7-12-25(29)13-8-22)23-9-14-26(30)15-10-23/h5-16,19,24H,2-4,17-18H2,1H3,(H,31,33)/t24-/m1/s1. The molecule has 3 nitrogen and oxygen atoms in total. The number of rotatable bonds is 9. The largest absolute Gasteiger partial charge is 0.353 e. The Morgan fingerprint density at radius 1 is 1.00 bits per heavy atom. The fourth-order valence-corrected chi connectivity index (χ4v) is 4.42. The van der Waals surface area contributed by atoms with Gasteiger partial charge in [-0.25, -0.2) is 8.78 Å².